The first kappa shape index (κ1) is 37.0. The van der Waals surface area contributed by atoms with Gasteiger partial charge in [0.05, 0.1) is 31.4 Å². The van der Waals surface area contributed by atoms with E-state index in [4.69, 9.17) is 29.9 Å². The number of fused-ring (bicyclic) bond motifs is 1. The van der Waals surface area contributed by atoms with Crippen molar-refractivity contribution in [2.75, 3.05) is 33.9 Å². The van der Waals surface area contributed by atoms with Gasteiger partial charge in [-0.3, -0.25) is 24.6 Å². The molecular formula is C30H35F3N4O9. The number of alkyl halides is 3. The normalized spacial score (nSPS) is 12.4. The zero-order valence-corrected chi connectivity index (χ0v) is 26.0. The third kappa shape index (κ3) is 8.95. The molecule has 2 amide bonds. The predicted octanol–water partition coefficient (Wildman–Crippen LogP) is 3.22. The maximum Gasteiger partial charge on any atom is 0.490 e. The Hall–Kier alpha value is -5.15. The standard InChI is InChI=1S/C28H34N4O7.C2HF3O2/c1-7-39-22-10-16-13-32(25(29)17(16)11-18(22)26(36)30-5)14-21(33)15-8-19(27(37)31-12-23(34)35)24(38-6)20(9-15)28(2,3)4;3-2(4,5)1(6)7/h8-11,29H,7,12-14H2,1-6H3,(H,30,36)(H,31,37)(H,34,35);(H,6,7). The van der Waals surface area contributed by atoms with Gasteiger partial charge in [0.15, 0.2) is 5.78 Å². The van der Waals surface area contributed by atoms with Crippen LogP contribution in [0.4, 0.5) is 13.2 Å². The summed E-state index contributed by atoms with van der Waals surface area (Å²) in [6.07, 6.45) is -5.08. The van der Waals surface area contributed by atoms with Crippen LogP contribution in [-0.4, -0.2) is 90.5 Å². The Bertz CT molecular complexity index is 1550. The van der Waals surface area contributed by atoms with Crippen LogP contribution in [0.5, 0.6) is 11.5 Å². The number of methoxy groups -OCH3 is 1. The summed E-state index contributed by atoms with van der Waals surface area (Å²) >= 11 is 0. The first-order valence-electron chi connectivity index (χ1n) is 13.7. The Morgan fingerprint density at radius 1 is 1.00 bits per heavy atom. The second-order valence-electron chi connectivity index (χ2n) is 10.9. The highest BCUT2D eigenvalue weighted by Gasteiger charge is 2.38. The molecule has 16 heteroatoms. The van der Waals surface area contributed by atoms with Crippen LogP contribution in [-0.2, 0) is 21.5 Å². The van der Waals surface area contributed by atoms with Crippen molar-refractivity contribution in [2.24, 2.45) is 0 Å². The number of carboxylic acid groups (broad SMARTS) is 2. The molecule has 0 unspecified atom stereocenters. The molecule has 1 aliphatic rings. The number of ether oxygens (including phenoxy) is 2. The van der Waals surface area contributed by atoms with Crippen LogP contribution in [0.3, 0.4) is 0 Å². The van der Waals surface area contributed by atoms with E-state index in [-0.39, 0.29) is 47.5 Å². The minimum absolute atomic E-state index is 0.0471. The lowest BCUT2D eigenvalue weighted by Gasteiger charge is -2.25. The van der Waals surface area contributed by atoms with Crippen LogP contribution in [0.25, 0.3) is 0 Å². The Labute approximate surface area is 262 Å². The second kappa shape index (κ2) is 14.8. The number of carbonyl (C=O) groups is 5. The monoisotopic (exact) mass is 652 g/mol. The molecule has 5 N–H and O–H groups in total. The zero-order valence-electron chi connectivity index (χ0n) is 26.0. The summed E-state index contributed by atoms with van der Waals surface area (Å²) in [5, 5.41) is 29.7. The lowest BCUT2D eigenvalue weighted by atomic mass is 9.83. The van der Waals surface area contributed by atoms with Gasteiger partial charge < -0.3 is 35.2 Å². The summed E-state index contributed by atoms with van der Waals surface area (Å²) in [5.74, 6) is -4.57. The highest BCUT2D eigenvalue weighted by Crippen LogP contribution is 2.36. The minimum Gasteiger partial charge on any atom is -0.496 e. The third-order valence-electron chi connectivity index (χ3n) is 6.55. The molecule has 250 valence electrons. The van der Waals surface area contributed by atoms with Gasteiger partial charge in [-0.2, -0.15) is 13.2 Å². The number of benzene rings is 2. The summed E-state index contributed by atoms with van der Waals surface area (Å²) in [6.45, 7) is 7.42. The number of hydrogen-bond donors (Lipinski definition) is 5. The van der Waals surface area contributed by atoms with Gasteiger partial charge in [-0.25, -0.2) is 4.79 Å². The molecule has 1 aliphatic heterocycles. The quantitative estimate of drug-likeness (QED) is 0.238. The highest BCUT2D eigenvalue weighted by atomic mass is 19.4. The Morgan fingerprint density at radius 2 is 1.61 bits per heavy atom. The average molecular weight is 653 g/mol. The van der Waals surface area contributed by atoms with E-state index in [0.717, 1.165) is 5.56 Å². The number of rotatable bonds is 10. The number of ketones is 1. The van der Waals surface area contributed by atoms with Crippen molar-refractivity contribution in [1.82, 2.24) is 15.5 Å². The van der Waals surface area contributed by atoms with E-state index < -0.39 is 36.0 Å². The zero-order chi connectivity index (χ0) is 35.1. The van der Waals surface area contributed by atoms with Crippen LogP contribution in [0.15, 0.2) is 24.3 Å². The Balaban J connectivity index is 0.000000942. The van der Waals surface area contributed by atoms with Gasteiger partial charge in [0.25, 0.3) is 11.8 Å². The highest BCUT2D eigenvalue weighted by molar-refractivity contribution is 6.08. The van der Waals surface area contributed by atoms with Crippen LogP contribution in [0, 0.1) is 5.41 Å². The third-order valence-corrected chi connectivity index (χ3v) is 6.55. The SMILES string of the molecule is CCOc1cc2c(cc1C(=O)NC)C(=N)N(CC(=O)c1cc(C(=O)NCC(=O)O)c(OC)c(C(C)(C)C)c1)C2.O=C(O)C(F)(F)F. The van der Waals surface area contributed by atoms with Crippen LogP contribution >= 0.6 is 0 Å². The number of hydrogen-bond acceptors (Lipinski definition) is 8. The maximum atomic E-state index is 13.5. The van der Waals surface area contributed by atoms with E-state index in [1.807, 2.05) is 27.7 Å². The minimum atomic E-state index is -5.08. The molecule has 0 fully saturated rings. The molecule has 0 saturated heterocycles. The van der Waals surface area contributed by atoms with E-state index in [1.54, 1.807) is 23.1 Å². The number of amidine groups is 1. The number of amides is 2. The van der Waals surface area contributed by atoms with Crippen molar-refractivity contribution in [3.63, 3.8) is 0 Å². The molecule has 2 aromatic rings. The average Bonchev–Trinajstić information content (AvgIpc) is 3.27. The first-order chi connectivity index (χ1) is 21.3. The Kier molecular flexibility index (Phi) is 11.9. The molecule has 46 heavy (non-hydrogen) atoms. The molecule has 2 aromatic carbocycles. The van der Waals surface area contributed by atoms with E-state index in [0.29, 0.717) is 29.0 Å². The van der Waals surface area contributed by atoms with Crippen molar-refractivity contribution >= 4 is 35.4 Å². The molecule has 0 spiro atoms. The van der Waals surface area contributed by atoms with Gasteiger partial charge in [-0.15, -0.1) is 0 Å². The molecule has 13 nitrogen and oxygen atoms in total. The summed E-state index contributed by atoms with van der Waals surface area (Å²) in [5.41, 5.74) is 1.96. The van der Waals surface area contributed by atoms with Crippen molar-refractivity contribution in [1.29, 1.82) is 5.41 Å². The summed E-state index contributed by atoms with van der Waals surface area (Å²) in [6, 6.07) is 6.37. The molecule has 0 radical (unpaired) electrons. The topological polar surface area (TPSA) is 195 Å². The molecule has 0 atom stereocenters. The molecule has 0 bridgehead atoms. The number of aliphatic carboxylic acids is 2. The largest absolute Gasteiger partial charge is 0.496 e. The summed E-state index contributed by atoms with van der Waals surface area (Å²) < 4.78 is 42.9. The fourth-order valence-corrected chi connectivity index (χ4v) is 4.40. The molecule has 0 aromatic heterocycles. The second-order valence-corrected chi connectivity index (χ2v) is 10.9. The van der Waals surface area contributed by atoms with Gasteiger partial charge >= 0.3 is 18.1 Å². The predicted molar refractivity (Wildman–Crippen MR) is 158 cm³/mol. The van der Waals surface area contributed by atoms with Gasteiger partial charge in [0.1, 0.15) is 23.9 Å². The number of Topliss-reactive ketones (excluding diaryl/α,β-unsaturated/α-hetero) is 1. The lowest BCUT2D eigenvalue weighted by Crippen LogP contribution is -2.32. The molecule has 3 rings (SSSR count). The number of nitrogens with one attached hydrogen (secondary N) is 3. The fraction of sp³-hybridized carbons (Fsp3) is 0.400. The fourth-order valence-electron chi connectivity index (χ4n) is 4.40. The smallest absolute Gasteiger partial charge is 0.490 e. The number of nitrogens with zero attached hydrogens (tertiary/aromatic N) is 1. The lowest BCUT2D eigenvalue weighted by molar-refractivity contribution is -0.192. The summed E-state index contributed by atoms with van der Waals surface area (Å²) in [4.78, 5) is 60.2. The van der Waals surface area contributed by atoms with E-state index in [2.05, 4.69) is 10.6 Å². The van der Waals surface area contributed by atoms with Gasteiger partial charge in [0, 0.05) is 30.3 Å². The van der Waals surface area contributed by atoms with E-state index >= 15 is 0 Å². The number of carbonyl (C=O) groups excluding carboxylic acids is 3. The van der Waals surface area contributed by atoms with Gasteiger partial charge in [0.2, 0.25) is 0 Å². The van der Waals surface area contributed by atoms with Crippen molar-refractivity contribution in [2.45, 2.75) is 45.8 Å². The van der Waals surface area contributed by atoms with Gasteiger partial charge in [-0.1, -0.05) is 20.8 Å². The maximum absolute atomic E-state index is 13.5. The first-order valence-corrected chi connectivity index (χ1v) is 13.7. The van der Waals surface area contributed by atoms with E-state index in [9.17, 15) is 32.3 Å². The number of halogens is 3. The molecule has 0 saturated carbocycles. The van der Waals surface area contributed by atoms with Crippen molar-refractivity contribution in [3.8, 4) is 11.5 Å². The molecular weight excluding hydrogens is 617 g/mol. The number of carboxylic acids is 2. The summed E-state index contributed by atoms with van der Waals surface area (Å²) in [7, 11) is 2.92. The van der Waals surface area contributed by atoms with Gasteiger partial charge in [-0.05, 0) is 42.2 Å². The van der Waals surface area contributed by atoms with Crippen molar-refractivity contribution in [3.05, 3.63) is 57.6 Å². The van der Waals surface area contributed by atoms with Crippen molar-refractivity contribution < 1.29 is 56.8 Å². The van der Waals surface area contributed by atoms with Crippen LogP contribution in [0.1, 0.15) is 75.5 Å². The van der Waals surface area contributed by atoms with Crippen LogP contribution < -0.4 is 20.1 Å². The molecule has 0 aliphatic carbocycles. The van der Waals surface area contributed by atoms with E-state index in [1.165, 1.54) is 20.2 Å². The molecule has 1 heterocycles. The Morgan fingerprint density at radius 3 is 2.09 bits per heavy atom. The van der Waals surface area contributed by atoms with Crippen LogP contribution in [0.2, 0.25) is 0 Å².